The quantitative estimate of drug-likeness (QED) is 0.906. The van der Waals surface area contributed by atoms with Crippen molar-refractivity contribution in [3.05, 3.63) is 33.3 Å². The van der Waals surface area contributed by atoms with Crippen LogP contribution in [-0.2, 0) is 21.2 Å². The zero-order valence-corrected chi connectivity index (χ0v) is 12.8. The zero-order chi connectivity index (χ0) is 14.0. The summed E-state index contributed by atoms with van der Waals surface area (Å²) in [4.78, 5) is 0. The van der Waals surface area contributed by atoms with Gasteiger partial charge in [0.2, 0.25) is 10.0 Å². The number of halogens is 2. The van der Waals surface area contributed by atoms with E-state index >= 15 is 0 Å². The molecule has 0 saturated heterocycles. The second-order valence-electron chi connectivity index (χ2n) is 4.45. The van der Waals surface area contributed by atoms with E-state index in [2.05, 4.69) is 4.72 Å². The molecule has 1 atom stereocenters. The molecule has 1 aromatic rings. The predicted octanol–water partition coefficient (Wildman–Crippen LogP) is 2.55. The molecule has 0 unspecified atom stereocenters. The van der Waals surface area contributed by atoms with Crippen LogP contribution in [0.4, 0.5) is 0 Å². The van der Waals surface area contributed by atoms with Gasteiger partial charge in [-0.05, 0) is 30.0 Å². The number of rotatable bonds is 5. The molecule has 1 aliphatic carbocycles. The molecule has 19 heavy (non-hydrogen) atoms. The lowest BCUT2D eigenvalue weighted by molar-refractivity contribution is 0.216. The van der Waals surface area contributed by atoms with Crippen molar-refractivity contribution in [2.45, 2.75) is 18.9 Å². The summed E-state index contributed by atoms with van der Waals surface area (Å²) in [5, 5.41) is 1.03. The Labute approximate surface area is 123 Å². The third kappa shape index (κ3) is 3.41. The van der Waals surface area contributed by atoms with Crippen molar-refractivity contribution in [1.29, 1.82) is 0 Å². The molecule has 4 nitrogen and oxygen atoms in total. The SMILES string of the molecule is COCCS(=O)(=O)N[C@@H]1CCc2c1ccc(Cl)c2Cl. The molecular formula is C12H15Cl2NO3S. The Bertz CT molecular complexity index is 575. The molecule has 1 aliphatic rings. The highest BCUT2D eigenvalue weighted by Gasteiger charge is 2.28. The van der Waals surface area contributed by atoms with Crippen LogP contribution < -0.4 is 4.72 Å². The van der Waals surface area contributed by atoms with E-state index in [0.717, 1.165) is 17.5 Å². The molecule has 0 radical (unpaired) electrons. The Morgan fingerprint density at radius 1 is 1.42 bits per heavy atom. The van der Waals surface area contributed by atoms with Gasteiger partial charge in [-0.3, -0.25) is 0 Å². The molecular weight excluding hydrogens is 309 g/mol. The molecule has 0 aliphatic heterocycles. The summed E-state index contributed by atoms with van der Waals surface area (Å²) in [5.74, 6) is -0.0450. The fraction of sp³-hybridized carbons (Fsp3) is 0.500. The molecule has 0 aromatic heterocycles. The van der Waals surface area contributed by atoms with Crippen LogP contribution in [0.25, 0.3) is 0 Å². The zero-order valence-electron chi connectivity index (χ0n) is 10.4. The van der Waals surface area contributed by atoms with Crippen LogP contribution in [0, 0.1) is 0 Å². The third-order valence-corrected chi connectivity index (χ3v) is 5.36. The Hall–Kier alpha value is -0.330. The Morgan fingerprint density at radius 2 is 2.16 bits per heavy atom. The number of benzene rings is 1. The summed E-state index contributed by atoms with van der Waals surface area (Å²) in [6.45, 7) is 0.177. The second kappa shape index (κ2) is 5.97. The van der Waals surface area contributed by atoms with E-state index in [4.69, 9.17) is 27.9 Å². The van der Waals surface area contributed by atoms with E-state index in [9.17, 15) is 8.42 Å². The number of hydrogen-bond acceptors (Lipinski definition) is 3. The summed E-state index contributed by atoms with van der Waals surface area (Å²) in [5.41, 5.74) is 1.85. The van der Waals surface area contributed by atoms with Gasteiger partial charge >= 0.3 is 0 Å². The largest absolute Gasteiger partial charge is 0.384 e. The first-order valence-electron chi connectivity index (χ1n) is 5.90. The Kier molecular flexibility index (Phi) is 4.74. The lowest BCUT2D eigenvalue weighted by Crippen LogP contribution is -2.31. The molecule has 1 aromatic carbocycles. The predicted molar refractivity (Wildman–Crippen MR) is 76.3 cm³/mol. The second-order valence-corrected chi connectivity index (χ2v) is 7.11. The van der Waals surface area contributed by atoms with Gasteiger partial charge in [0.05, 0.1) is 22.4 Å². The average molecular weight is 324 g/mol. The minimum absolute atomic E-state index is 0.0450. The van der Waals surface area contributed by atoms with Crippen molar-refractivity contribution in [3.8, 4) is 0 Å². The van der Waals surface area contributed by atoms with Crippen LogP contribution in [0.2, 0.25) is 10.0 Å². The summed E-state index contributed by atoms with van der Waals surface area (Å²) in [6.07, 6.45) is 1.42. The van der Waals surface area contributed by atoms with Gasteiger partial charge in [-0.1, -0.05) is 29.3 Å². The maximum Gasteiger partial charge on any atom is 0.214 e. The van der Waals surface area contributed by atoms with Crippen LogP contribution in [0.1, 0.15) is 23.6 Å². The Morgan fingerprint density at radius 3 is 2.84 bits per heavy atom. The maximum atomic E-state index is 11.9. The van der Waals surface area contributed by atoms with Crippen LogP contribution in [0.5, 0.6) is 0 Å². The van der Waals surface area contributed by atoms with Gasteiger partial charge in [-0.2, -0.15) is 0 Å². The van der Waals surface area contributed by atoms with E-state index in [0.29, 0.717) is 16.5 Å². The smallest absolute Gasteiger partial charge is 0.214 e. The Balaban J connectivity index is 2.17. The molecule has 0 fully saturated rings. The average Bonchev–Trinajstić information content (AvgIpc) is 2.75. The highest BCUT2D eigenvalue weighted by atomic mass is 35.5. The number of ether oxygens (including phenoxy) is 1. The van der Waals surface area contributed by atoms with Crippen molar-refractivity contribution >= 4 is 33.2 Å². The van der Waals surface area contributed by atoms with Crippen LogP contribution >= 0.6 is 23.2 Å². The molecule has 0 saturated carbocycles. The van der Waals surface area contributed by atoms with Gasteiger partial charge < -0.3 is 4.74 Å². The van der Waals surface area contributed by atoms with Crippen LogP contribution in [0.3, 0.4) is 0 Å². The minimum atomic E-state index is -3.34. The topological polar surface area (TPSA) is 55.4 Å². The molecule has 0 amide bonds. The van der Waals surface area contributed by atoms with Gasteiger partial charge in [-0.25, -0.2) is 13.1 Å². The molecule has 0 spiro atoms. The summed E-state index contributed by atoms with van der Waals surface area (Å²) in [6, 6.07) is 3.30. The number of methoxy groups -OCH3 is 1. The molecule has 0 bridgehead atoms. The highest BCUT2D eigenvalue weighted by Crippen LogP contribution is 2.39. The van der Waals surface area contributed by atoms with E-state index in [-0.39, 0.29) is 18.4 Å². The van der Waals surface area contributed by atoms with E-state index in [1.54, 1.807) is 6.07 Å². The lowest BCUT2D eigenvalue weighted by atomic mass is 10.1. The first-order valence-corrected chi connectivity index (χ1v) is 8.31. The van der Waals surface area contributed by atoms with Crippen molar-refractivity contribution in [2.75, 3.05) is 19.5 Å². The molecule has 1 N–H and O–H groups in total. The fourth-order valence-corrected chi connectivity index (χ4v) is 3.85. The van der Waals surface area contributed by atoms with Gasteiger partial charge in [0.25, 0.3) is 0 Å². The first kappa shape index (κ1) is 15.1. The number of fused-ring (bicyclic) bond motifs is 1. The van der Waals surface area contributed by atoms with Gasteiger partial charge in [-0.15, -0.1) is 0 Å². The van der Waals surface area contributed by atoms with Crippen LogP contribution in [0.15, 0.2) is 12.1 Å². The van der Waals surface area contributed by atoms with Crippen molar-refractivity contribution in [2.24, 2.45) is 0 Å². The normalized spacial score (nSPS) is 18.6. The summed E-state index contributed by atoms with van der Waals surface area (Å²) < 4.78 is 31.2. The lowest BCUT2D eigenvalue weighted by Gasteiger charge is -2.14. The number of sulfonamides is 1. The molecule has 7 heteroatoms. The monoisotopic (exact) mass is 323 g/mol. The molecule has 0 heterocycles. The van der Waals surface area contributed by atoms with E-state index in [1.165, 1.54) is 7.11 Å². The molecule has 2 rings (SSSR count). The molecule has 106 valence electrons. The van der Waals surface area contributed by atoms with E-state index < -0.39 is 10.0 Å². The highest BCUT2D eigenvalue weighted by molar-refractivity contribution is 7.89. The number of hydrogen-bond donors (Lipinski definition) is 1. The van der Waals surface area contributed by atoms with Gasteiger partial charge in [0.15, 0.2) is 0 Å². The van der Waals surface area contributed by atoms with Crippen molar-refractivity contribution < 1.29 is 13.2 Å². The van der Waals surface area contributed by atoms with E-state index in [1.807, 2.05) is 6.07 Å². The van der Waals surface area contributed by atoms with Crippen molar-refractivity contribution in [3.63, 3.8) is 0 Å². The first-order chi connectivity index (χ1) is 8.94. The van der Waals surface area contributed by atoms with Gasteiger partial charge in [0, 0.05) is 13.2 Å². The minimum Gasteiger partial charge on any atom is -0.384 e. The summed E-state index contributed by atoms with van der Waals surface area (Å²) >= 11 is 12.1. The third-order valence-electron chi connectivity index (χ3n) is 3.17. The standard InChI is InChI=1S/C12H15Cl2NO3S/c1-18-6-7-19(16,17)15-11-5-3-9-8(11)2-4-10(13)12(9)14/h2,4,11,15H,3,5-7H2,1H3/t11-/m1/s1. The van der Waals surface area contributed by atoms with Crippen molar-refractivity contribution in [1.82, 2.24) is 4.72 Å². The van der Waals surface area contributed by atoms with Crippen LogP contribution in [-0.4, -0.2) is 27.9 Å². The van der Waals surface area contributed by atoms with Gasteiger partial charge in [0.1, 0.15) is 0 Å². The fourth-order valence-electron chi connectivity index (χ4n) is 2.22. The maximum absolute atomic E-state index is 11.9. The number of nitrogens with one attached hydrogen (secondary N) is 1. The summed E-state index contributed by atoms with van der Waals surface area (Å²) in [7, 11) is -1.87.